The van der Waals surface area contributed by atoms with E-state index in [4.69, 9.17) is 4.74 Å². The van der Waals surface area contributed by atoms with Crippen LogP contribution in [-0.4, -0.2) is 21.5 Å². The number of rotatable bonds is 8. The molecule has 4 aliphatic carbocycles. The summed E-state index contributed by atoms with van der Waals surface area (Å²) in [6.07, 6.45) is 19.3. The summed E-state index contributed by atoms with van der Waals surface area (Å²) < 4.78 is 6.31. The molecule has 0 spiro atoms. The van der Waals surface area contributed by atoms with Gasteiger partial charge in [0.1, 0.15) is 5.69 Å². The second kappa shape index (κ2) is 9.87. The van der Waals surface area contributed by atoms with E-state index >= 15 is 0 Å². The van der Waals surface area contributed by atoms with Gasteiger partial charge in [0.15, 0.2) is 0 Å². The molecular weight excluding hydrogens is 418 g/mol. The van der Waals surface area contributed by atoms with Crippen molar-refractivity contribution in [3.05, 3.63) is 11.9 Å². The number of hydrogen-bond acceptors (Lipinski definition) is 3. The molecule has 192 valence electrons. The Morgan fingerprint density at radius 2 is 1.76 bits per heavy atom. The van der Waals surface area contributed by atoms with Crippen molar-refractivity contribution in [2.75, 3.05) is 0 Å². The predicted octanol–water partition coefficient (Wildman–Crippen LogP) is 7.81. The van der Waals surface area contributed by atoms with E-state index in [1.165, 1.54) is 77.0 Å². The molecule has 1 heterocycles. The van der Waals surface area contributed by atoms with E-state index in [2.05, 4.69) is 50.0 Å². The van der Waals surface area contributed by atoms with E-state index < -0.39 is 0 Å². The minimum Gasteiger partial charge on any atom is -0.372 e. The second-order valence-corrected chi connectivity index (χ2v) is 13.9. The van der Waals surface area contributed by atoms with E-state index in [1.54, 1.807) is 6.20 Å². The van der Waals surface area contributed by atoms with Crippen molar-refractivity contribution in [1.82, 2.24) is 15.4 Å². The molecule has 1 aromatic rings. The first-order chi connectivity index (χ1) is 16.3. The lowest BCUT2D eigenvalue weighted by molar-refractivity contribution is -0.138. The molecule has 4 aliphatic rings. The fourth-order valence-corrected chi connectivity index (χ4v) is 9.89. The smallest absolute Gasteiger partial charge is 0.108 e. The monoisotopic (exact) mass is 469 g/mol. The third-order valence-corrected chi connectivity index (χ3v) is 11.8. The zero-order chi connectivity index (χ0) is 23.9. The predicted molar refractivity (Wildman–Crippen MR) is 138 cm³/mol. The largest absolute Gasteiger partial charge is 0.372 e. The van der Waals surface area contributed by atoms with Crippen LogP contribution in [0.1, 0.15) is 117 Å². The fraction of sp³-hybridized carbons (Fsp3) is 0.933. The molecule has 4 nitrogen and oxygen atoms in total. The highest BCUT2D eigenvalue weighted by Crippen LogP contribution is 2.68. The Morgan fingerprint density at radius 3 is 2.53 bits per heavy atom. The lowest BCUT2D eigenvalue weighted by atomic mass is 9.44. The second-order valence-electron chi connectivity index (χ2n) is 13.9. The van der Waals surface area contributed by atoms with Crippen molar-refractivity contribution in [1.29, 1.82) is 0 Å². The highest BCUT2D eigenvalue weighted by molar-refractivity contribution is 5.09. The van der Waals surface area contributed by atoms with Crippen LogP contribution in [0.25, 0.3) is 0 Å². The zero-order valence-corrected chi connectivity index (χ0v) is 22.7. The Balaban J connectivity index is 1.21. The lowest BCUT2D eigenvalue weighted by Gasteiger charge is -2.61. The Bertz CT molecular complexity index is 793. The maximum atomic E-state index is 6.31. The van der Waals surface area contributed by atoms with Gasteiger partial charge in [0, 0.05) is 0 Å². The first-order valence-electron chi connectivity index (χ1n) is 14.8. The van der Waals surface area contributed by atoms with Crippen LogP contribution in [0.2, 0.25) is 0 Å². The minimum absolute atomic E-state index is 0.405. The zero-order valence-electron chi connectivity index (χ0n) is 22.7. The van der Waals surface area contributed by atoms with Gasteiger partial charge in [-0.25, -0.2) is 0 Å². The van der Waals surface area contributed by atoms with E-state index in [0.29, 0.717) is 23.5 Å². The van der Waals surface area contributed by atoms with Crippen molar-refractivity contribution >= 4 is 0 Å². The third-order valence-electron chi connectivity index (χ3n) is 11.8. The maximum Gasteiger partial charge on any atom is 0.108 e. The van der Waals surface area contributed by atoms with Gasteiger partial charge in [-0.1, -0.05) is 53.9 Å². The van der Waals surface area contributed by atoms with Gasteiger partial charge >= 0.3 is 0 Å². The summed E-state index contributed by atoms with van der Waals surface area (Å²) in [4.78, 5) is 0. The molecule has 0 bridgehead atoms. The topological polar surface area (TPSA) is 50.8 Å². The van der Waals surface area contributed by atoms with Crippen molar-refractivity contribution in [2.45, 2.75) is 124 Å². The number of aromatic nitrogens is 3. The summed E-state index contributed by atoms with van der Waals surface area (Å²) in [5.41, 5.74) is 2.08. The SMILES string of the molecule is CC(C)CCC[C@@H](C)[C@H]1CCC2C3CCC4CC(OCc5cn[nH]n5)CC[C@]4(C)C3CC[C@@]21C. The van der Waals surface area contributed by atoms with Crippen LogP contribution in [0.15, 0.2) is 6.20 Å². The van der Waals surface area contributed by atoms with E-state index in [1.807, 2.05) is 0 Å². The van der Waals surface area contributed by atoms with Gasteiger partial charge in [-0.05, 0) is 110 Å². The number of nitrogens with zero attached hydrogens (tertiary/aromatic N) is 2. The van der Waals surface area contributed by atoms with Crippen molar-refractivity contribution in [3.8, 4) is 0 Å². The average molecular weight is 470 g/mol. The molecule has 0 amide bonds. The maximum absolute atomic E-state index is 6.31. The van der Waals surface area contributed by atoms with Crippen LogP contribution < -0.4 is 0 Å². The van der Waals surface area contributed by atoms with Gasteiger partial charge in [0.2, 0.25) is 0 Å². The minimum atomic E-state index is 0.405. The molecule has 4 heteroatoms. The molecule has 9 atom stereocenters. The van der Waals surface area contributed by atoms with Crippen LogP contribution >= 0.6 is 0 Å². The number of fused-ring (bicyclic) bond motifs is 5. The van der Waals surface area contributed by atoms with Crippen LogP contribution in [-0.2, 0) is 11.3 Å². The van der Waals surface area contributed by atoms with Gasteiger partial charge in [-0.3, -0.25) is 0 Å². The lowest BCUT2D eigenvalue weighted by Crippen LogP contribution is -2.54. The Hall–Kier alpha value is -0.900. The highest BCUT2D eigenvalue weighted by Gasteiger charge is 2.60. The molecule has 1 N–H and O–H groups in total. The number of H-pyrrole nitrogens is 1. The van der Waals surface area contributed by atoms with Gasteiger partial charge < -0.3 is 4.74 Å². The molecule has 34 heavy (non-hydrogen) atoms. The van der Waals surface area contributed by atoms with Gasteiger partial charge in [-0.2, -0.15) is 15.4 Å². The third kappa shape index (κ3) is 4.50. The summed E-state index contributed by atoms with van der Waals surface area (Å²) in [6, 6.07) is 0. The van der Waals surface area contributed by atoms with Gasteiger partial charge in [0.25, 0.3) is 0 Å². The molecule has 4 fully saturated rings. The Labute approximate surface area is 208 Å². The number of hydrogen-bond donors (Lipinski definition) is 1. The number of nitrogens with one attached hydrogen (secondary N) is 1. The number of aromatic amines is 1. The quantitative estimate of drug-likeness (QED) is 0.422. The molecule has 0 radical (unpaired) electrons. The molecule has 1 aromatic heterocycles. The number of ether oxygens (including phenoxy) is 1. The normalized spacial score (nSPS) is 42.8. The van der Waals surface area contributed by atoms with E-state index in [9.17, 15) is 0 Å². The van der Waals surface area contributed by atoms with Crippen LogP contribution in [0.4, 0.5) is 0 Å². The fourth-order valence-electron chi connectivity index (χ4n) is 9.89. The standard InChI is InChI=1S/C30H51N3O/c1-20(2)7-6-8-21(3)26-11-12-27-25-10-9-22-17-24(34-19-23-18-31-33-32-23)13-15-29(22,4)28(25)14-16-30(26,27)5/h18,20-22,24-28H,6-17,19H2,1-5H3,(H,31,32,33)/t21-,22?,24?,25?,26-,27?,28?,29+,30-/m1/s1. The van der Waals surface area contributed by atoms with Gasteiger partial charge in [0.05, 0.1) is 18.9 Å². The molecule has 0 aromatic carbocycles. The molecule has 0 aliphatic heterocycles. The van der Waals surface area contributed by atoms with Crippen molar-refractivity contribution < 1.29 is 4.74 Å². The molecule has 4 saturated carbocycles. The van der Waals surface area contributed by atoms with Crippen molar-refractivity contribution in [3.63, 3.8) is 0 Å². The van der Waals surface area contributed by atoms with Gasteiger partial charge in [-0.15, -0.1) is 0 Å². The Kier molecular flexibility index (Phi) is 7.19. The first-order valence-corrected chi connectivity index (χ1v) is 14.8. The average Bonchev–Trinajstić information content (AvgIpc) is 3.44. The van der Waals surface area contributed by atoms with Crippen LogP contribution in [0, 0.1) is 52.3 Å². The summed E-state index contributed by atoms with van der Waals surface area (Å²) in [6.45, 7) is 13.4. The Morgan fingerprint density at radius 1 is 0.971 bits per heavy atom. The summed E-state index contributed by atoms with van der Waals surface area (Å²) in [5, 5.41) is 10.8. The molecular formula is C30H51N3O. The first kappa shape index (κ1) is 24.8. The summed E-state index contributed by atoms with van der Waals surface area (Å²) in [5.74, 6) is 6.51. The van der Waals surface area contributed by atoms with Crippen molar-refractivity contribution in [2.24, 2.45) is 52.3 Å². The summed E-state index contributed by atoms with van der Waals surface area (Å²) >= 11 is 0. The van der Waals surface area contributed by atoms with Crippen LogP contribution in [0.5, 0.6) is 0 Å². The highest BCUT2D eigenvalue weighted by atomic mass is 16.5. The molecule has 5 unspecified atom stereocenters. The van der Waals surface area contributed by atoms with E-state index in [0.717, 1.165) is 47.1 Å². The molecule has 0 saturated heterocycles. The summed E-state index contributed by atoms with van der Waals surface area (Å²) in [7, 11) is 0. The van der Waals surface area contributed by atoms with Crippen LogP contribution in [0.3, 0.4) is 0 Å². The van der Waals surface area contributed by atoms with E-state index in [-0.39, 0.29) is 0 Å². The molecule has 5 rings (SSSR count).